The van der Waals surface area contributed by atoms with E-state index in [4.69, 9.17) is 20.2 Å². The molecule has 1 aliphatic heterocycles. The Balaban J connectivity index is 1.64. The summed E-state index contributed by atoms with van der Waals surface area (Å²) in [7, 11) is 0. The Kier molecular flexibility index (Phi) is 6.07. The summed E-state index contributed by atoms with van der Waals surface area (Å²) >= 11 is 3.88. The maximum atomic E-state index is 6.04. The maximum Gasteiger partial charge on any atom is 0.231 e. The Hall–Kier alpha value is -1.79. The van der Waals surface area contributed by atoms with Gasteiger partial charge in [-0.3, -0.25) is 0 Å². The van der Waals surface area contributed by atoms with Crippen molar-refractivity contribution in [1.29, 1.82) is 0 Å². The van der Waals surface area contributed by atoms with Crippen LogP contribution in [0.25, 0.3) is 11.2 Å². The van der Waals surface area contributed by atoms with Crippen LogP contribution in [0, 0.1) is 3.57 Å². The second kappa shape index (κ2) is 8.70. The molecule has 1 aromatic carbocycles. The molecule has 1 aliphatic rings. The third-order valence-electron chi connectivity index (χ3n) is 4.32. The van der Waals surface area contributed by atoms with Crippen molar-refractivity contribution in [2.24, 2.45) is 0 Å². The number of hydrogen-bond donors (Lipinski definition) is 2. The van der Waals surface area contributed by atoms with Gasteiger partial charge in [-0.25, -0.2) is 15.0 Å². The summed E-state index contributed by atoms with van der Waals surface area (Å²) in [4.78, 5) is 14.3. The van der Waals surface area contributed by atoms with Gasteiger partial charge in [-0.05, 0) is 60.7 Å². The van der Waals surface area contributed by atoms with Gasteiger partial charge in [0.05, 0.1) is 0 Å². The van der Waals surface area contributed by atoms with Gasteiger partial charge in [0.15, 0.2) is 33.6 Å². The number of hydrogen-bond acceptors (Lipinski definition) is 8. The smallest absolute Gasteiger partial charge is 0.231 e. The fourth-order valence-electron chi connectivity index (χ4n) is 2.95. The minimum atomic E-state index is 0.259. The average molecular weight is 512 g/mol. The molecule has 0 radical (unpaired) electrons. The summed E-state index contributed by atoms with van der Waals surface area (Å²) in [5.74, 6) is 1.93. The molecule has 3 N–H and O–H groups in total. The zero-order valence-electron chi connectivity index (χ0n) is 15.4. The van der Waals surface area contributed by atoms with Crippen LogP contribution in [0.15, 0.2) is 28.5 Å². The number of benzene rings is 1. The minimum absolute atomic E-state index is 0.259. The third-order valence-corrected chi connectivity index (χ3v) is 6.63. The highest BCUT2D eigenvalue weighted by Gasteiger charge is 2.20. The number of rotatable bonds is 8. The van der Waals surface area contributed by atoms with Crippen LogP contribution in [-0.2, 0) is 6.54 Å². The highest BCUT2D eigenvalue weighted by atomic mass is 127. The first-order valence-electron chi connectivity index (χ1n) is 9.11. The number of nitrogens with two attached hydrogens (primary N) is 1. The van der Waals surface area contributed by atoms with Crippen LogP contribution in [0.4, 0.5) is 5.82 Å². The van der Waals surface area contributed by atoms with E-state index < -0.39 is 0 Å². The lowest BCUT2D eigenvalue weighted by Crippen LogP contribution is -2.17. The Morgan fingerprint density at radius 3 is 2.89 bits per heavy atom. The minimum Gasteiger partial charge on any atom is -0.454 e. The van der Waals surface area contributed by atoms with Gasteiger partial charge >= 0.3 is 0 Å². The molecule has 4 rings (SSSR count). The van der Waals surface area contributed by atoms with Crippen LogP contribution < -0.4 is 20.5 Å². The van der Waals surface area contributed by atoms with Gasteiger partial charge in [0, 0.05) is 15.0 Å². The first-order chi connectivity index (χ1) is 13.7. The van der Waals surface area contributed by atoms with Crippen molar-refractivity contribution in [2.45, 2.75) is 36.4 Å². The number of nitrogens with one attached hydrogen (secondary N) is 1. The maximum absolute atomic E-state index is 6.04. The van der Waals surface area contributed by atoms with E-state index in [1.165, 1.54) is 6.33 Å². The van der Waals surface area contributed by atoms with Gasteiger partial charge in [-0.2, -0.15) is 0 Å². The van der Waals surface area contributed by atoms with Crippen molar-refractivity contribution >= 4 is 51.3 Å². The molecule has 0 unspecified atom stereocenters. The molecular weight excluding hydrogens is 491 g/mol. The molecule has 3 aromatic rings. The molecule has 0 atom stereocenters. The van der Waals surface area contributed by atoms with E-state index in [2.05, 4.69) is 49.4 Å². The average Bonchev–Trinajstić information content (AvgIpc) is 3.27. The third kappa shape index (κ3) is 3.98. The molecule has 0 saturated heterocycles. The Morgan fingerprint density at radius 1 is 1.25 bits per heavy atom. The van der Waals surface area contributed by atoms with E-state index in [0.717, 1.165) is 63.2 Å². The summed E-state index contributed by atoms with van der Waals surface area (Å²) in [5, 5.41) is 4.28. The molecule has 0 fully saturated rings. The van der Waals surface area contributed by atoms with E-state index in [-0.39, 0.29) is 6.79 Å². The van der Waals surface area contributed by atoms with Crippen LogP contribution in [0.3, 0.4) is 0 Å². The molecule has 28 heavy (non-hydrogen) atoms. The molecule has 0 aliphatic carbocycles. The van der Waals surface area contributed by atoms with Gasteiger partial charge in [0.25, 0.3) is 0 Å². The molecule has 0 amide bonds. The van der Waals surface area contributed by atoms with E-state index >= 15 is 0 Å². The SMILES string of the molecule is CCCNCCCn1c(Sc2cc3c(cc2I)OCO3)nc2c(N)ncnc21. The standard InChI is InChI=1S/C18H21IN6O2S/c1-2-4-21-5-3-6-25-17-15(16(20)22-9-23-17)24-18(25)28-14-8-13-12(7-11(14)19)26-10-27-13/h7-9,21H,2-6,10H2,1H3,(H2,20,22,23). The van der Waals surface area contributed by atoms with E-state index in [0.29, 0.717) is 11.3 Å². The summed E-state index contributed by atoms with van der Waals surface area (Å²) in [6, 6.07) is 3.98. The number of halogens is 1. The summed E-state index contributed by atoms with van der Waals surface area (Å²) in [6.07, 6.45) is 3.59. The second-order valence-electron chi connectivity index (χ2n) is 6.32. The van der Waals surface area contributed by atoms with E-state index in [1.54, 1.807) is 11.8 Å². The molecule has 0 bridgehead atoms. The Morgan fingerprint density at radius 2 is 2.07 bits per heavy atom. The lowest BCUT2D eigenvalue weighted by Gasteiger charge is -2.10. The first-order valence-corrected chi connectivity index (χ1v) is 11.0. The number of ether oxygens (including phenoxy) is 2. The quantitative estimate of drug-likeness (QED) is 0.351. The molecule has 8 nitrogen and oxygen atoms in total. The molecule has 0 spiro atoms. The number of aryl methyl sites for hydroxylation is 1. The molecule has 148 valence electrons. The van der Waals surface area contributed by atoms with Crippen molar-refractivity contribution in [3.63, 3.8) is 0 Å². The van der Waals surface area contributed by atoms with Crippen LogP contribution in [0.2, 0.25) is 0 Å². The number of fused-ring (bicyclic) bond motifs is 2. The zero-order valence-corrected chi connectivity index (χ0v) is 18.4. The van der Waals surface area contributed by atoms with Crippen LogP contribution in [0.1, 0.15) is 19.8 Å². The lowest BCUT2D eigenvalue weighted by atomic mass is 10.3. The highest BCUT2D eigenvalue weighted by molar-refractivity contribution is 14.1. The van der Waals surface area contributed by atoms with Crippen molar-refractivity contribution in [2.75, 3.05) is 25.6 Å². The van der Waals surface area contributed by atoms with Crippen molar-refractivity contribution in [3.8, 4) is 11.5 Å². The summed E-state index contributed by atoms with van der Waals surface area (Å²) in [6.45, 7) is 5.19. The number of nitrogen functional groups attached to an aromatic ring is 1. The number of nitrogens with zero attached hydrogens (tertiary/aromatic N) is 4. The summed E-state index contributed by atoms with van der Waals surface area (Å²) in [5.41, 5.74) is 7.45. The largest absolute Gasteiger partial charge is 0.454 e. The fraction of sp³-hybridized carbons (Fsp3) is 0.389. The lowest BCUT2D eigenvalue weighted by molar-refractivity contribution is 0.174. The second-order valence-corrected chi connectivity index (χ2v) is 8.49. The van der Waals surface area contributed by atoms with Crippen LogP contribution in [0.5, 0.6) is 11.5 Å². The van der Waals surface area contributed by atoms with Crippen LogP contribution >= 0.6 is 34.4 Å². The zero-order chi connectivity index (χ0) is 19.5. The van der Waals surface area contributed by atoms with Crippen LogP contribution in [-0.4, -0.2) is 39.4 Å². The van der Waals surface area contributed by atoms with Gasteiger partial charge < -0.3 is 25.1 Å². The summed E-state index contributed by atoms with van der Waals surface area (Å²) < 4.78 is 14.2. The molecular formula is C18H21IN6O2S. The van der Waals surface area contributed by atoms with Gasteiger partial charge in [0.2, 0.25) is 6.79 Å². The number of anilines is 1. The van der Waals surface area contributed by atoms with Gasteiger partial charge in [0.1, 0.15) is 6.33 Å². The van der Waals surface area contributed by atoms with Gasteiger partial charge in [-0.1, -0.05) is 18.7 Å². The normalized spacial score (nSPS) is 12.8. The molecule has 3 heterocycles. The highest BCUT2D eigenvalue weighted by Crippen LogP contribution is 2.41. The van der Waals surface area contributed by atoms with E-state index in [1.807, 2.05) is 12.1 Å². The van der Waals surface area contributed by atoms with E-state index in [9.17, 15) is 0 Å². The monoisotopic (exact) mass is 512 g/mol. The predicted octanol–water partition coefficient (Wildman–Crippen LogP) is 3.28. The van der Waals surface area contributed by atoms with Crippen molar-refractivity contribution in [3.05, 3.63) is 22.0 Å². The molecule has 0 saturated carbocycles. The Labute approximate surface area is 180 Å². The van der Waals surface area contributed by atoms with Gasteiger partial charge in [-0.15, -0.1) is 0 Å². The topological polar surface area (TPSA) is 100 Å². The first kappa shape index (κ1) is 19.5. The van der Waals surface area contributed by atoms with Crippen molar-refractivity contribution in [1.82, 2.24) is 24.8 Å². The molecule has 10 heteroatoms. The number of imidazole rings is 1. The number of aromatic nitrogens is 4. The molecule has 2 aromatic heterocycles. The van der Waals surface area contributed by atoms with Crippen molar-refractivity contribution < 1.29 is 9.47 Å². The Bertz CT molecular complexity index is 996. The predicted molar refractivity (Wildman–Crippen MR) is 117 cm³/mol. The fourth-order valence-corrected chi connectivity index (χ4v) is 4.67.